The monoisotopic (exact) mass is 701 g/mol. The Labute approximate surface area is 299 Å². The third-order valence-electron chi connectivity index (χ3n) is 8.88. The summed E-state index contributed by atoms with van der Waals surface area (Å²) in [5, 5.41) is 2.90. The van der Waals surface area contributed by atoms with Crippen LogP contribution in [0.15, 0.2) is 30.3 Å². The largest absolute Gasteiger partial charge is 0.465 e. The van der Waals surface area contributed by atoms with Gasteiger partial charge in [-0.15, -0.1) is 0 Å². The fourth-order valence-corrected chi connectivity index (χ4v) is 6.09. The second-order valence-corrected chi connectivity index (χ2v) is 14.7. The number of benzene rings is 1. The Bertz CT molecular complexity index is 1220. The Morgan fingerprint density at radius 1 is 0.820 bits per heavy atom. The molecule has 1 aromatic carbocycles. The molecule has 12 heteroatoms. The third kappa shape index (κ3) is 14.0. The zero-order chi connectivity index (χ0) is 37.4. The van der Waals surface area contributed by atoms with Crippen molar-refractivity contribution in [1.82, 2.24) is 20.0 Å². The number of nitrogens with one attached hydrogen (secondary N) is 1. The summed E-state index contributed by atoms with van der Waals surface area (Å²) in [6, 6.07) is 5.86. The van der Waals surface area contributed by atoms with Gasteiger partial charge in [-0.3, -0.25) is 24.0 Å². The van der Waals surface area contributed by atoms with E-state index in [1.807, 2.05) is 71.9 Å². The molecule has 1 heterocycles. The van der Waals surface area contributed by atoms with Gasteiger partial charge in [-0.1, -0.05) is 71.9 Å². The van der Waals surface area contributed by atoms with E-state index in [0.717, 1.165) is 24.8 Å². The fraction of sp³-hybridized carbons (Fsp3) is 0.711. The van der Waals surface area contributed by atoms with E-state index >= 15 is 0 Å². The first kappa shape index (κ1) is 42.7. The first-order valence-corrected chi connectivity index (χ1v) is 18.3. The maximum absolute atomic E-state index is 14.3. The molecule has 0 radical (unpaired) electrons. The molecule has 4 atom stereocenters. The Morgan fingerprint density at radius 2 is 1.44 bits per heavy atom. The molecular formula is C38H63N5O7. The smallest absolute Gasteiger partial charge is 0.305 e. The highest BCUT2D eigenvalue weighted by Crippen LogP contribution is 2.19. The van der Waals surface area contributed by atoms with Gasteiger partial charge < -0.3 is 35.2 Å². The van der Waals surface area contributed by atoms with Crippen LogP contribution in [0.2, 0.25) is 0 Å². The number of ether oxygens (including phenoxy) is 2. The molecule has 50 heavy (non-hydrogen) atoms. The summed E-state index contributed by atoms with van der Waals surface area (Å²) in [5.74, 6) is -1.93. The van der Waals surface area contributed by atoms with Gasteiger partial charge in [0.1, 0.15) is 24.2 Å². The summed E-state index contributed by atoms with van der Waals surface area (Å²) in [6.45, 7) is 13.5. The van der Waals surface area contributed by atoms with Crippen molar-refractivity contribution in [1.29, 1.82) is 0 Å². The van der Waals surface area contributed by atoms with Crippen LogP contribution in [-0.2, 0) is 39.9 Å². The minimum Gasteiger partial charge on any atom is -0.465 e. The van der Waals surface area contributed by atoms with E-state index in [2.05, 4.69) is 5.32 Å². The normalized spacial score (nSPS) is 15.7. The lowest BCUT2D eigenvalue weighted by molar-refractivity contribution is -0.150. The summed E-state index contributed by atoms with van der Waals surface area (Å²) in [7, 11) is 3.11. The lowest BCUT2D eigenvalue weighted by atomic mass is 9.97. The van der Waals surface area contributed by atoms with Gasteiger partial charge in [0.25, 0.3) is 0 Å². The van der Waals surface area contributed by atoms with E-state index in [-0.39, 0.29) is 49.7 Å². The topological polar surface area (TPSA) is 152 Å². The molecule has 0 spiro atoms. The molecule has 4 amide bonds. The molecule has 12 nitrogen and oxygen atoms in total. The van der Waals surface area contributed by atoms with Crippen LogP contribution < -0.4 is 11.1 Å². The van der Waals surface area contributed by atoms with E-state index in [1.165, 1.54) is 9.80 Å². The van der Waals surface area contributed by atoms with Crippen molar-refractivity contribution in [3.8, 4) is 0 Å². The summed E-state index contributed by atoms with van der Waals surface area (Å²) < 4.78 is 11.0. The maximum atomic E-state index is 14.3. The first-order chi connectivity index (χ1) is 23.6. The quantitative estimate of drug-likeness (QED) is 0.197. The average molecular weight is 702 g/mol. The standard InChI is InChI=1S/C38H63N5O7/c1-26(2)23-49-25-30(39)36(46)41(7)32(19-17-29-15-11-9-12-16-29)38(48)42(8)34(28(5)6)35(45)40-31(18-20-33(44)50-24-27(3)4)37(47)43-21-13-10-14-22-43/h9,11-12,15-16,26-28,30-32,34H,10,13-14,17-25,39H2,1-8H3,(H,40,45)/t30-,31-,32-,34-/m0/s1. The van der Waals surface area contributed by atoms with Crippen molar-refractivity contribution in [2.24, 2.45) is 23.5 Å². The number of carbonyl (C=O) groups is 5. The number of likely N-dealkylation sites (tertiary alicyclic amines) is 1. The van der Waals surface area contributed by atoms with Crippen LogP contribution in [-0.4, -0.2) is 115 Å². The van der Waals surface area contributed by atoms with Crippen molar-refractivity contribution in [2.75, 3.05) is 47.0 Å². The van der Waals surface area contributed by atoms with Gasteiger partial charge in [0.15, 0.2) is 0 Å². The van der Waals surface area contributed by atoms with Crippen LogP contribution >= 0.6 is 0 Å². The molecule has 1 fully saturated rings. The van der Waals surface area contributed by atoms with Gasteiger partial charge in [-0.05, 0) is 61.8 Å². The molecule has 1 aromatic rings. The number of amides is 4. The highest BCUT2D eigenvalue weighted by Gasteiger charge is 2.39. The molecule has 0 aromatic heterocycles. The molecule has 2 rings (SSSR count). The number of esters is 1. The van der Waals surface area contributed by atoms with Crippen LogP contribution in [0.25, 0.3) is 0 Å². The Hall–Kier alpha value is -3.51. The molecule has 1 aliphatic heterocycles. The number of piperidine rings is 1. The third-order valence-corrected chi connectivity index (χ3v) is 8.88. The van der Waals surface area contributed by atoms with Gasteiger partial charge in [-0.2, -0.15) is 0 Å². The van der Waals surface area contributed by atoms with Crippen molar-refractivity contribution < 1.29 is 33.4 Å². The molecule has 3 N–H and O–H groups in total. The van der Waals surface area contributed by atoms with Crippen molar-refractivity contribution in [3.63, 3.8) is 0 Å². The van der Waals surface area contributed by atoms with Gasteiger partial charge in [-0.25, -0.2) is 0 Å². The van der Waals surface area contributed by atoms with E-state index in [0.29, 0.717) is 32.5 Å². The van der Waals surface area contributed by atoms with Crippen molar-refractivity contribution in [3.05, 3.63) is 35.9 Å². The number of hydrogen-bond acceptors (Lipinski definition) is 8. The molecule has 0 saturated carbocycles. The number of carbonyl (C=O) groups excluding carboxylic acids is 5. The van der Waals surface area contributed by atoms with Crippen LogP contribution in [0.1, 0.15) is 85.6 Å². The average Bonchev–Trinajstić information content (AvgIpc) is 3.08. The minimum atomic E-state index is -0.964. The Morgan fingerprint density at radius 3 is 2.02 bits per heavy atom. The summed E-state index contributed by atoms with van der Waals surface area (Å²) in [6.07, 6.45) is 3.64. The molecule has 0 unspecified atom stereocenters. The van der Waals surface area contributed by atoms with E-state index < -0.39 is 47.9 Å². The maximum Gasteiger partial charge on any atom is 0.305 e. The summed E-state index contributed by atoms with van der Waals surface area (Å²) in [4.78, 5) is 72.6. The van der Waals surface area contributed by atoms with Gasteiger partial charge in [0, 0.05) is 40.2 Å². The molecule has 1 aliphatic rings. The number of nitrogens with zero attached hydrogens (tertiary/aromatic N) is 3. The molecule has 0 aliphatic carbocycles. The predicted octanol–water partition coefficient (Wildman–Crippen LogP) is 3.41. The zero-order valence-electron chi connectivity index (χ0n) is 31.7. The van der Waals surface area contributed by atoms with Crippen molar-refractivity contribution >= 4 is 29.6 Å². The zero-order valence-corrected chi connectivity index (χ0v) is 31.7. The van der Waals surface area contributed by atoms with Gasteiger partial charge >= 0.3 is 5.97 Å². The SMILES string of the molecule is CC(C)COC[C@H](N)C(=O)N(C)[C@@H](CCc1ccccc1)C(=O)N(C)[C@H](C(=O)N[C@@H](CCC(=O)OCC(C)C)C(=O)N1CCCCC1)C(C)C. The fourth-order valence-electron chi connectivity index (χ4n) is 6.09. The highest BCUT2D eigenvalue weighted by molar-refractivity contribution is 5.95. The minimum absolute atomic E-state index is 0.0191. The second-order valence-electron chi connectivity index (χ2n) is 14.7. The van der Waals surface area contributed by atoms with Crippen molar-refractivity contribution in [2.45, 2.75) is 111 Å². The highest BCUT2D eigenvalue weighted by atomic mass is 16.5. The van der Waals surface area contributed by atoms with E-state index in [1.54, 1.807) is 19.0 Å². The van der Waals surface area contributed by atoms with Crippen LogP contribution in [0.4, 0.5) is 0 Å². The Balaban J connectivity index is 2.31. The van der Waals surface area contributed by atoms with Gasteiger partial charge in [0.05, 0.1) is 13.2 Å². The van der Waals surface area contributed by atoms with E-state index in [4.69, 9.17) is 15.2 Å². The number of nitrogens with two attached hydrogens (primary N) is 1. The first-order valence-electron chi connectivity index (χ1n) is 18.3. The lowest BCUT2D eigenvalue weighted by Crippen LogP contribution is -2.60. The summed E-state index contributed by atoms with van der Waals surface area (Å²) in [5.41, 5.74) is 7.24. The number of aryl methyl sites for hydroxylation is 1. The molecule has 282 valence electrons. The number of hydrogen-bond donors (Lipinski definition) is 2. The Kier molecular flexibility index (Phi) is 18.5. The predicted molar refractivity (Wildman–Crippen MR) is 194 cm³/mol. The summed E-state index contributed by atoms with van der Waals surface area (Å²) >= 11 is 0. The molecule has 1 saturated heterocycles. The van der Waals surface area contributed by atoms with Crippen LogP contribution in [0.5, 0.6) is 0 Å². The van der Waals surface area contributed by atoms with E-state index in [9.17, 15) is 24.0 Å². The second kappa shape index (κ2) is 21.6. The number of likely N-dealkylation sites (N-methyl/N-ethyl adjacent to an activating group) is 2. The van der Waals surface area contributed by atoms with Crippen LogP contribution in [0.3, 0.4) is 0 Å². The van der Waals surface area contributed by atoms with Gasteiger partial charge in [0.2, 0.25) is 23.6 Å². The van der Waals surface area contributed by atoms with Crippen LogP contribution in [0, 0.1) is 17.8 Å². The molecule has 0 bridgehead atoms. The number of rotatable bonds is 20. The molecular weight excluding hydrogens is 638 g/mol. The lowest BCUT2D eigenvalue weighted by Gasteiger charge is -2.37.